The van der Waals surface area contributed by atoms with Crippen molar-refractivity contribution in [3.63, 3.8) is 0 Å². The minimum absolute atomic E-state index is 0.212. The molecule has 1 aromatic heterocycles. The third-order valence-corrected chi connectivity index (χ3v) is 4.61. The second-order valence-electron chi connectivity index (χ2n) is 6.69. The molecule has 0 fully saturated rings. The van der Waals surface area contributed by atoms with E-state index in [2.05, 4.69) is 10.2 Å². The van der Waals surface area contributed by atoms with Crippen molar-refractivity contribution in [1.82, 2.24) is 10.2 Å². The van der Waals surface area contributed by atoms with Gasteiger partial charge in [0.1, 0.15) is 0 Å². The zero-order valence-electron chi connectivity index (χ0n) is 17.7. The number of methoxy groups -OCH3 is 1. The van der Waals surface area contributed by atoms with Crippen LogP contribution in [0.5, 0.6) is 11.5 Å². The van der Waals surface area contributed by atoms with Crippen LogP contribution >= 0.6 is 11.6 Å². The molecule has 0 spiro atoms. The Bertz CT molecular complexity index is 1080. The summed E-state index contributed by atoms with van der Waals surface area (Å²) in [5.74, 6) is 0.951. The maximum Gasteiger partial charge on any atom is 0.331 e. The molecule has 0 aliphatic carbocycles. The molecule has 0 aliphatic heterocycles. The number of aryl methyl sites for hydroxylation is 1. The second-order valence-corrected chi connectivity index (χ2v) is 7.10. The number of carbonyl (C=O) groups excluding carboxylic acids is 1. The summed E-state index contributed by atoms with van der Waals surface area (Å²) in [5, 5.41) is 8.39. The molecule has 1 unspecified atom stereocenters. The predicted molar refractivity (Wildman–Crippen MR) is 117 cm³/mol. The molecular formula is C23H23ClN2O5. The van der Waals surface area contributed by atoms with E-state index in [1.165, 1.54) is 13.2 Å². The van der Waals surface area contributed by atoms with E-state index in [9.17, 15) is 4.79 Å². The normalized spacial score (nSPS) is 12.0. The van der Waals surface area contributed by atoms with E-state index in [-0.39, 0.29) is 5.89 Å². The average molecular weight is 443 g/mol. The number of esters is 1. The Morgan fingerprint density at radius 1 is 1.23 bits per heavy atom. The number of benzene rings is 2. The van der Waals surface area contributed by atoms with Crippen LogP contribution in [0.3, 0.4) is 0 Å². The molecule has 31 heavy (non-hydrogen) atoms. The third-order valence-electron chi connectivity index (χ3n) is 4.33. The van der Waals surface area contributed by atoms with E-state index in [1.54, 1.807) is 25.1 Å². The summed E-state index contributed by atoms with van der Waals surface area (Å²) in [5.41, 5.74) is 2.59. The molecule has 1 atom stereocenters. The highest BCUT2D eigenvalue weighted by Gasteiger charge is 2.18. The molecular weight excluding hydrogens is 420 g/mol. The van der Waals surface area contributed by atoms with Crippen molar-refractivity contribution in [3.8, 4) is 23.0 Å². The Morgan fingerprint density at radius 2 is 1.97 bits per heavy atom. The van der Waals surface area contributed by atoms with Crippen LogP contribution in [-0.4, -0.2) is 29.9 Å². The molecule has 0 N–H and O–H groups in total. The lowest BCUT2D eigenvalue weighted by Crippen LogP contribution is -2.06. The molecule has 0 aliphatic rings. The van der Waals surface area contributed by atoms with Crippen LogP contribution in [0.1, 0.15) is 37.0 Å². The molecule has 3 rings (SSSR count). The van der Waals surface area contributed by atoms with Gasteiger partial charge in [0.05, 0.1) is 18.7 Å². The predicted octanol–water partition coefficient (Wildman–Crippen LogP) is 5.42. The number of ether oxygens (including phenoxy) is 3. The maximum atomic E-state index is 12.2. The molecule has 0 radical (unpaired) electrons. The number of hydrogen-bond donors (Lipinski definition) is 0. The van der Waals surface area contributed by atoms with Crippen LogP contribution in [-0.2, 0) is 9.53 Å². The number of carbonyl (C=O) groups is 1. The van der Waals surface area contributed by atoms with Gasteiger partial charge in [-0.05, 0) is 56.7 Å². The topological polar surface area (TPSA) is 83.7 Å². The number of nitrogens with zero attached hydrogens (tertiary/aromatic N) is 2. The second kappa shape index (κ2) is 10.1. The molecule has 0 bridgehead atoms. The van der Waals surface area contributed by atoms with Crippen LogP contribution in [0.15, 0.2) is 46.9 Å². The summed E-state index contributed by atoms with van der Waals surface area (Å²) in [7, 11) is 1.51. The van der Waals surface area contributed by atoms with Gasteiger partial charge in [0.25, 0.3) is 5.89 Å². The Morgan fingerprint density at radius 3 is 2.65 bits per heavy atom. The van der Waals surface area contributed by atoms with Crippen LogP contribution in [0, 0.1) is 6.92 Å². The van der Waals surface area contributed by atoms with Crippen LogP contribution in [0.4, 0.5) is 0 Å². The zero-order valence-corrected chi connectivity index (χ0v) is 18.5. The molecule has 162 valence electrons. The summed E-state index contributed by atoms with van der Waals surface area (Å²) in [6, 6.07) is 11.1. The summed E-state index contributed by atoms with van der Waals surface area (Å²) in [4.78, 5) is 12.2. The Kier molecular flexibility index (Phi) is 7.31. The van der Waals surface area contributed by atoms with E-state index in [1.807, 2.05) is 38.1 Å². The summed E-state index contributed by atoms with van der Waals surface area (Å²) < 4.78 is 21.8. The van der Waals surface area contributed by atoms with Crippen molar-refractivity contribution in [3.05, 3.63) is 64.5 Å². The molecule has 3 aromatic rings. The fraction of sp³-hybridized carbons (Fsp3) is 0.261. The smallest absolute Gasteiger partial charge is 0.331 e. The zero-order chi connectivity index (χ0) is 22.4. The van der Waals surface area contributed by atoms with Crippen molar-refractivity contribution < 1.29 is 23.4 Å². The van der Waals surface area contributed by atoms with Gasteiger partial charge in [0.2, 0.25) is 5.89 Å². The highest BCUT2D eigenvalue weighted by molar-refractivity contribution is 6.32. The van der Waals surface area contributed by atoms with Crippen LogP contribution in [0.2, 0.25) is 5.02 Å². The molecule has 1 heterocycles. The van der Waals surface area contributed by atoms with E-state index >= 15 is 0 Å². The van der Waals surface area contributed by atoms with Crippen LogP contribution < -0.4 is 9.47 Å². The van der Waals surface area contributed by atoms with E-state index in [0.29, 0.717) is 34.6 Å². The van der Waals surface area contributed by atoms with Gasteiger partial charge in [0, 0.05) is 11.6 Å². The SMILES string of the molecule is CCOc1cc(/C=C/C(=O)OC(C)c2nnc(-c3ccc(C)cc3)o2)cc(Cl)c1OC. The first-order valence-corrected chi connectivity index (χ1v) is 10.1. The molecule has 7 nitrogen and oxygen atoms in total. The number of rotatable bonds is 8. The maximum absolute atomic E-state index is 12.2. The van der Waals surface area contributed by atoms with Crippen molar-refractivity contribution in [2.24, 2.45) is 0 Å². The van der Waals surface area contributed by atoms with Crippen molar-refractivity contribution in [2.45, 2.75) is 26.9 Å². The lowest BCUT2D eigenvalue weighted by Gasteiger charge is -2.11. The van der Waals surface area contributed by atoms with Crippen molar-refractivity contribution in [1.29, 1.82) is 0 Å². The third kappa shape index (κ3) is 5.64. The fourth-order valence-electron chi connectivity index (χ4n) is 2.79. The molecule has 0 saturated heterocycles. The van der Waals surface area contributed by atoms with Gasteiger partial charge in [-0.1, -0.05) is 29.3 Å². The molecule has 2 aromatic carbocycles. The van der Waals surface area contributed by atoms with E-state index < -0.39 is 12.1 Å². The highest BCUT2D eigenvalue weighted by atomic mass is 35.5. The largest absolute Gasteiger partial charge is 0.491 e. The minimum atomic E-state index is -0.706. The number of halogens is 1. The van der Waals surface area contributed by atoms with Crippen LogP contribution in [0.25, 0.3) is 17.5 Å². The highest BCUT2D eigenvalue weighted by Crippen LogP contribution is 2.36. The standard InChI is InChI=1S/C23H23ClN2O5/c1-5-29-19-13-16(12-18(24)21(19)28-4)8-11-20(27)30-15(3)22-25-26-23(31-22)17-9-6-14(2)7-10-17/h6-13,15H,5H2,1-4H3/b11-8+. The average Bonchev–Trinajstić information content (AvgIpc) is 3.23. The van der Waals surface area contributed by atoms with Crippen molar-refractivity contribution >= 4 is 23.6 Å². The van der Waals surface area contributed by atoms with Gasteiger partial charge in [-0.25, -0.2) is 4.79 Å². The lowest BCUT2D eigenvalue weighted by atomic mass is 10.1. The molecule has 0 saturated carbocycles. The minimum Gasteiger partial charge on any atom is -0.491 e. The van der Waals surface area contributed by atoms with Gasteiger partial charge >= 0.3 is 5.97 Å². The molecule has 0 amide bonds. The van der Waals surface area contributed by atoms with Gasteiger partial charge in [-0.2, -0.15) is 0 Å². The van der Waals surface area contributed by atoms with Gasteiger partial charge in [-0.3, -0.25) is 0 Å². The quantitative estimate of drug-likeness (QED) is 0.340. The first-order valence-electron chi connectivity index (χ1n) is 9.70. The number of aromatic nitrogens is 2. The van der Waals surface area contributed by atoms with Gasteiger partial charge in [-0.15, -0.1) is 10.2 Å². The first-order chi connectivity index (χ1) is 14.9. The summed E-state index contributed by atoms with van der Waals surface area (Å²) >= 11 is 6.23. The lowest BCUT2D eigenvalue weighted by molar-refractivity contribution is -0.143. The molecule has 8 heteroatoms. The Hall–Kier alpha value is -3.32. The van der Waals surface area contributed by atoms with E-state index in [0.717, 1.165) is 11.1 Å². The summed E-state index contributed by atoms with van der Waals surface area (Å²) in [6.45, 7) is 5.97. The van der Waals surface area contributed by atoms with Crippen molar-refractivity contribution in [2.75, 3.05) is 13.7 Å². The Balaban J connectivity index is 1.67. The monoisotopic (exact) mass is 442 g/mol. The van der Waals surface area contributed by atoms with E-state index in [4.69, 9.17) is 30.2 Å². The number of hydrogen-bond acceptors (Lipinski definition) is 7. The van der Waals surface area contributed by atoms with Gasteiger partial charge in [0.15, 0.2) is 17.6 Å². The summed E-state index contributed by atoms with van der Waals surface area (Å²) in [6.07, 6.45) is 2.16. The van der Waals surface area contributed by atoms with Gasteiger partial charge < -0.3 is 18.6 Å². The first kappa shape index (κ1) is 22.4. The fourth-order valence-corrected chi connectivity index (χ4v) is 3.08. The Labute approximate surface area is 185 Å².